The van der Waals surface area contributed by atoms with Crippen LogP contribution in [0.3, 0.4) is 0 Å². The van der Waals surface area contributed by atoms with Crippen molar-refractivity contribution < 1.29 is 23.0 Å². The van der Waals surface area contributed by atoms with Crippen LogP contribution in [-0.2, 0) is 6.18 Å². The normalized spacial score (nSPS) is 18.0. The van der Waals surface area contributed by atoms with Crippen LogP contribution in [0.4, 0.5) is 13.2 Å². The number of benzene rings is 1. The standard InChI is InChI=1S/C16H22F3N3O2.HI/c1-2-20-15(22-9-7-12(23)11-22)21-8-10-24-14-6-4-3-5-13(14)16(17,18)19;/h3-6,12,23H,2,7-11H2,1H3,(H,20,21);1H/t12-;/m1./s1. The van der Waals surface area contributed by atoms with E-state index in [0.717, 1.165) is 6.07 Å². The average Bonchev–Trinajstić information content (AvgIpc) is 2.96. The maximum absolute atomic E-state index is 12.9. The lowest BCUT2D eigenvalue weighted by molar-refractivity contribution is -0.138. The average molecular weight is 473 g/mol. The zero-order valence-corrected chi connectivity index (χ0v) is 16.3. The number of ether oxygens (including phenoxy) is 1. The predicted octanol–water partition coefficient (Wildman–Crippen LogP) is 2.73. The lowest BCUT2D eigenvalue weighted by atomic mass is 10.2. The maximum Gasteiger partial charge on any atom is 0.419 e. The maximum atomic E-state index is 12.9. The van der Waals surface area contributed by atoms with Gasteiger partial charge in [0.1, 0.15) is 12.4 Å². The summed E-state index contributed by atoms with van der Waals surface area (Å²) in [6.45, 7) is 4.06. The molecule has 1 aromatic rings. The summed E-state index contributed by atoms with van der Waals surface area (Å²) in [5, 5.41) is 12.7. The molecule has 1 saturated heterocycles. The van der Waals surface area contributed by atoms with Crippen LogP contribution in [0.15, 0.2) is 29.3 Å². The number of aliphatic hydroxyl groups is 1. The van der Waals surface area contributed by atoms with Gasteiger partial charge in [-0.1, -0.05) is 12.1 Å². The van der Waals surface area contributed by atoms with Gasteiger partial charge in [0.05, 0.1) is 18.2 Å². The molecule has 0 aromatic heterocycles. The monoisotopic (exact) mass is 473 g/mol. The van der Waals surface area contributed by atoms with E-state index in [1.165, 1.54) is 18.2 Å². The van der Waals surface area contributed by atoms with Crippen LogP contribution in [0.1, 0.15) is 18.9 Å². The second kappa shape index (κ2) is 10.0. The molecule has 1 heterocycles. The highest BCUT2D eigenvalue weighted by molar-refractivity contribution is 14.0. The summed E-state index contributed by atoms with van der Waals surface area (Å²) >= 11 is 0. The van der Waals surface area contributed by atoms with Crippen LogP contribution in [0.5, 0.6) is 5.75 Å². The van der Waals surface area contributed by atoms with E-state index in [1.54, 1.807) is 0 Å². The van der Waals surface area contributed by atoms with Crippen molar-refractivity contribution in [1.82, 2.24) is 10.2 Å². The van der Waals surface area contributed by atoms with E-state index >= 15 is 0 Å². The molecule has 2 N–H and O–H groups in total. The van der Waals surface area contributed by atoms with Crippen molar-refractivity contribution in [2.24, 2.45) is 4.99 Å². The summed E-state index contributed by atoms with van der Waals surface area (Å²) in [4.78, 5) is 6.28. The van der Waals surface area contributed by atoms with Crippen LogP contribution in [-0.4, -0.2) is 54.9 Å². The lowest BCUT2D eigenvalue weighted by Crippen LogP contribution is -2.40. The highest BCUT2D eigenvalue weighted by atomic mass is 127. The number of guanidine groups is 1. The quantitative estimate of drug-likeness (QED) is 0.299. The second-order valence-corrected chi connectivity index (χ2v) is 5.47. The molecule has 1 aliphatic heterocycles. The number of hydrogen-bond acceptors (Lipinski definition) is 3. The fourth-order valence-corrected chi connectivity index (χ4v) is 2.49. The van der Waals surface area contributed by atoms with Crippen LogP contribution < -0.4 is 10.1 Å². The molecule has 2 rings (SSSR count). The summed E-state index contributed by atoms with van der Waals surface area (Å²) in [6, 6.07) is 5.13. The van der Waals surface area contributed by atoms with E-state index in [-0.39, 0.29) is 49.0 Å². The number of alkyl halides is 3. The molecule has 25 heavy (non-hydrogen) atoms. The highest BCUT2D eigenvalue weighted by Crippen LogP contribution is 2.35. The second-order valence-electron chi connectivity index (χ2n) is 5.47. The van der Waals surface area contributed by atoms with Crippen molar-refractivity contribution in [2.75, 3.05) is 32.8 Å². The van der Waals surface area contributed by atoms with Gasteiger partial charge in [-0.05, 0) is 25.5 Å². The number of aliphatic imine (C=N–C) groups is 1. The minimum atomic E-state index is -4.44. The Hall–Kier alpha value is -1.23. The molecule has 0 spiro atoms. The van der Waals surface area contributed by atoms with Gasteiger partial charge in [-0.25, -0.2) is 4.99 Å². The number of rotatable bonds is 5. The van der Waals surface area contributed by atoms with Crippen molar-refractivity contribution in [2.45, 2.75) is 25.6 Å². The number of hydrogen-bond donors (Lipinski definition) is 2. The zero-order valence-electron chi connectivity index (χ0n) is 13.9. The number of nitrogens with one attached hydrogen (secondary N) is 1. The van der Waals surface area contributed by atoms with Crippen molar-refractivity contribution in [3.8, 4) is 5.75 Å². The summed E-state index contributed by atoms with van der Waals surface area (Å²) in [5.41, 5.74) is -0.788. The summed E-state index contributed by atoms with van der Waals surface area (Å²) in [5.74, 6) is 0.448. The molecule has 1 fully saturated rings. The van der Waals surface area contributed by atoms with Crippen LogP contribution >= 0.6 is 24.0 Å². The molecule has 0 unspecified atom stereocenters. The SMILES string of the molecule is CCNC(=NCCOc1ccccc1C(F)(F)F)N1CC[C@@H](O)C1.I. The van der Waals surface area contributed by atoms with Crippen molar-refractivity contribution in [3.05, 3.63) is 29.8 Å². The van der Waals surface area contributed by atoms with E-state index in [9.17, 15) is 18.3 Å². The smallest absolute Gasteiger partial charge is 0.419 e. The predicted molar refractivity (Wildman–Crippen MR) is 101 cm³/mol. The van der Waals surface area contributed by atoms with Crippen molar-refractivity contribution in [1.29, 1.82) is 0 Å². The van der Waals surface area contributed by atoms with Crippen LogP contribution in [0, 0.1) is 0 Å². The highest BCUT2D eigenvalue weighted by Gasteiger charge is 2.33. The molecule has 9 heteroatoms. The number of para-hydroxylation sites is 1. The van der Waals surface area contributed by atoms with E-state index < -0.39 is 11.7 Å². The third kappa shape index (κ3) is 6.53. The third-order valence-corrected chi connectivity index (χ3v) is 3.60. The first-order chi connectivity index (χ1) is 11.4. The van der Waals surface area contributed by atoms with Gasteiger partial charge in [-0.3, -0.25) is 0 Å². The molecular formula is C16H23F3IN3O2. The molecule has 0 saturated carbocycles. The minimum Gasteiger partial charge on any atom is -0.491 e. The largest absolute Gasteiger partial charge is 0.491 e. The molecule has 1 atom stereocenters. The fraction of sp³-hybridized carbons (Fsp3) is 0.562. The molecule has 0 radical (unpaired) electrons. The van der Waals surface area contributed by atoms with E-state index in [1.807, 2.05) is 11.8 Å². The number of nitrogens with zero attached hydrogens (tertiary/aromatic N) is 2. The number of aliphatic hydroxyl groups excluding tert-OH is 1. The fourth-order valence-electron chi connectivity index (χ4n) is 2.49. The Bertz CT molecular complexity index is 570. The molecule has 1 aromatic carbocycles. The lowest BCUT2D eigenvalue weighted by Gasteiger charge is -2.21. The van der Waals surface area contributed by atoms with Gasteiger partial charge >= 0.3 is 6.18 Å². The van der Waals surface area contributed by atoms with Crippen molar-refractivity contribution >= 4 is 29.9 Å². The van der Waals surface area contributed by atoms with Gasteiger partial charge in [-0.15, -0.1) is 24.0 Å². The Morgan fingerprint density at radius 3 is 2.72 bits per heavy atom. The number of halogens is 4. The van der Waals surface area contributed by atoms with Crippen molar-refractivity contribution in [3.63, 3.8) is 0 Å². The first kappa shape index (κ1) is 21.8. The Morgan fingerprint density at radius 1 is 1.40 bits per heavy atom. The minimum absolute atomic E-state index is 0. The zero-order chi connectivity index (χ0) is 17.6. The summed E-state index contributed by atoms with van der Waals surface area (Å²) in [6.07, 6.45) is -4.14. The molecule has 1 aliphatic rings. The topological polar surface area (TPSA) is 57.1 Å². The van der Waals surface area contributed by atoms with Gasteiger partial charge in [0.2, 0.25) is 0 Å². The number of likely N-dealkylation sites (tertiary alicyclic amines) is 1. The van der Waals surface area contributed by atoms with Crippen LogP contribution in [0.25, 0.3) is 0 Å². The first-order valence-electron chi connectivity index (χ1n) is 7.92. The van der Waals surface area contributed by atoms with Gasteiger partial charge in [-0.2, -0.15) is 13.2 Å². The molecular weight excluding hydrogens is 450 g/mol. The molecule has 0 bridgehead atoms. The van der Waals surface area contributed by atoms with E-state index in [4.69, 9.17) is 4.74 Å². The first-order valence-corrected chi connectivity index (χ1v) is 7.92. The van der Waals surface area contributed by atoms with E-state index in [0.29, 0.717) is 32.0 Å². The Kier molecular flexibility index (Phi) is 8.77. The van der Waals surface area contributed by atoms with Gasteiger partial charge in [0, 0.05) is 19.6 Å². The molecule has 142 valence electrons. The summed E-state index contributed by atoms with van der Waals surface area (Å²) in [7, 11) is 0. The van der Waals surface area contributed by atoms with Gasteiger partial charge in [0.25, 0.3) is 0 Å². The Morgan fingerprint density at radius 2 is 2.12 bits per heavy atom. The Balaban J connectivity index is 0.00000312. The number of β-amino-alcohol motifs (C(OH)–C–C–N with tert-alkyl or cyclic N) is 1. The third-order valence-electron chi connectivity index (χ3n) is 3.60. The molecule has 5 nitrogen and oxygen atoms in total. The van der Waals surface area contributed by atoms with Crippen LogP contribution in [0.2, 0.25) is 0 Å². The summed E-state index contributed by atoms with van der Waals surface area (Å²) < 4.78 is 43.9. The molecule has 0 aliphatic carbocycles. The van der Waals surface area contributed by atoms with E-state index in [2.05, 4.69) is 10.3 Å². The van der Waals surface area contributed by atoms with Gasteiger partial charge in [0.15, 0.2) is 5.96 Å². The Labute approximate surface area is 162 Å². The van der Waals surface area contributed by atoms with Gasteiger partial charge < -0.3 is 20.1 Å². The molecule has 0 amide bonds.